The number of aryl methyl sites for hydroxylation is 3. The molecule has 0 amide bonds. The van der Waals surface area contributed by atoms with Crippen LogP contribution in [-0.4, -0.2) is 32.0 Å². The van der Waals surface area contributed by atoms with Crippen molar-refractivity contribution in [2.24, 2.45) is 5.73 Å². The number of nitrogens with two attached hydrogens (primary N) is 1. The van der Waals surface area contributed by atoms with Gasteiger partial charge in [0.15, 0.2) is 0 Å². The topological polar surface area (TPSA) is 77.0 Å². The molecule has 126 valence electrons. The molecule has 0 bridgehead atoms. The van der Waals surface area contributed by atoms with Gasteiger partial charge >= 0.3 is 0 Å². The second-order valence-electron chi connectivity index (χ2n) is 6.22. The van der Waals surface area contributed by atoms with Crippen molar-refractivity contribution in [3.63, 3.8) is 0 Å². The Kier molecular flexibility index (Phi) is 6.16. The van der Waals surface area contributed by atoms with Crippen molar-refractivity contribution in [3.05, 3.63) is 47.5 Å². The van der Waals surface area contributed by atoms with Crippen LogP contribution in [0.15, 0.2) is 30.3 Å². The van der Waals surface area contributed by atoms with Crippen molar-refractivity contribution in [1.29, 1.82) is 0 Å². The van der Waals surface area contributed by atoms with Crippen LogP contribution in [0.5, 0.6) is 0 Å². The molecule has 0 aliphatic heterocycles. The lowest BCUT2D eigenvalue weighted by atomic mass is 9.84. The Bertz CT molecular complexity index is 616. The lowest BCUT2D eigenvalue weighted by Crippen LogP contribution is -2.40. The third kappa shape index (κ3) is 4.31. The Morgan fingerprint density at radius 3 is 2.70 bits per heavy atom. The van der Waals surface area contributed by atoms with Crippen molar-refractivity contribution in [2.75, 3.05) is 0 Å². The van der Waals surface area contributed by atoms with Gasteiger partial charge in [-0.1, -0.05) is 30.3 Å². The van der Waals surface area contributed by atoms with Crippen LogP contribution < -0.4 is 5.73 Å². The van der Waals surface area contributed by atoms with E-state index in [0.717, 1.165) is 37.5 Å². The van der Waals surface area contributed by atoms with Gasteiger partial charge in [0.25, 0.3) is 0 Å². The Labute approximate surface area is 143 Å². The SMILES string of the molecule is Cc1nc([C@H]2CC[C@@H](N)[C@H](O)C2)n(CCc2ccccc2)n1.Cl. The van der Waals surface area contributed by atoms with Gasteiger partial charge in [-0.15, -0.1) is 12.4 Å². The van der Waals surface area contributed by atoms with Gasteiger partial charge < -0.3 is 10.8 Å². The molecule has 0 saturated heterocycles. The summed E-state index contributed by atoms with van der Waals surface area (Å²) < 4.78 is 2.01. The van der Waals surface area contributed by atoms with Gasteiger partial charge in [0.05, 0.1) is 6.10 Å². The molecule has 1 heterocycles. The van der Waals surface area contributed by atoms with E-state index in [1.165, 1.54) is 5.56 Å². The van der Waals surface area contributed by atoms with E-state index in [-0.39, 0.29) is 24.4 Å². The average Bonchev–Trinajstić information content (AvgIpc) is 2.90. The van der Waals surface area contributed by atoms with Crippen molar-refractivity contribution >= 4 is 12.4 Å². The highest BCUT2D eigenvalue weighted by molar-refractivity contribution is 5.85. The molecule has 3 N–H and O–H groups in total. The molecule has 0 unspecified atom stereocenters. The third-order valence-electron chi connectivity index (χ3n) is 4.50. The van der Waals surface area contributed by atoms with E-state index in [1.807, 2.05) is 17.7 Å². The third-order valence-corrected chi connectivity index (χ3v) is 4.50. The maximum absolute atomic E-state index is 10.0. The molecule has 1 aromatic carbocycles. The van der Waals surface area contributed by atoms with Crippen LogP contribution in [0.3, 0.4) is 0 Å². The minimum Gasteiger partial charge on any atom is -0.391 e. The van der Waals surface area contributed by atoms with Gasteiger partial charge in [-0.2, -0.15) is 5.10 Å². The van der Waals surface area contributed by atoms with Crippen LogP contribution in [-0.2, 0) is 13.0 Å². The fourth-order valence-corrected chi connectivity index (χ4v) is 3.22. The molecule has 1 saturated carbocycles. The van der Waals surface area contributed by atoms with Crippen molar-refractivity contribution in [1.82, 2.24) is 14.8 Å². The molecule has 1 fully saturated rings. The number of aliphatic hydroxyl groups excluding tert-OH is 1. The highest BCUT2D eigenvalue weighted by Crippen LogP contribution is 2.31. The molecule has 6 heteroatoms. The van der Waals surface area contributed by atoms with Gasteiger partial charge in [0.2, 0.25) is 0 Å². The molecule has 2 aromatic rings. The fourth-order valence-electron chi connectivity index (χ4n) is 3.22. The van der Waals surface area contributed by atoms with E-state index in [2.05, 4.69) is 34.3 Å². The molecule has 3 atom stereocenters. The number of aromatic nitrogens is 3. The van der Waals surface area contributed by atoms with E-state index in [4.69, 9.17) is 5.73 Å². The number of halogens is 1. The first-order valence-corrected chi connectivity index (χ1v) is 8.02. The summed E-state index contributed by atoms with van der Waals surface area (Å²) in [6, 6.07) is 10.3. The van der Waals surface area contributed by atoms with Crippen molar-refractivity contribution in [2.45, 2.75) is 57.2 Å². The Hall–Kier alpha value is -1.43. The van der Waals surface area contributed by atoms with Gasteiger partial charge in [-0.3, -0.25) is 0 Å². The maximum Gasteiger partial charge on any atom is 0.147 e. The normalized spacial score (nSPS) is 24.2. The van der Waals surface area contributed by atoms with E-state index in [1.54, 1.807) is 0 Å². The van der Waals surface area contributed by atoms with E-state index in [9.17, 15) is 5.11 Å². The summed E-state index contributed by atoms with van der Waals surface area (Å²) in [5.41, 5.74) is 7.20. The van der Waals surface area contributed by atoms with Crippen LogP contribution in [0.4, 0.5) is 0 Å². The summed E-state index contributed by atoms with van der Waals surface area (Å²) in [5, 5.41) is 14.6. The van der Waals surface area contributed by atoms with Gasteiger partial charge in [-0.05, 0) is 38.2 Å². The van der Waals surface area contributed by atoms with Crippen LogP contribution >= 0.6 is 12.4 Å². The summed E-state index contributed by atoms with van der Waals surface area (Å²) in [6.07, 6.45) is 3.01. The number of nitrogens with zero attached hydrogens (tertiary/aromatic N) is 3. The lowest BCUT2D eigenvalue weighted by molar-refractivity contribution is 0.0955. The van der Waals surface area contributed by atoms with Gasteiger partial charge in [-0.25, -0.2) is 9.67 Å². The molecule has 0 radical (unpaired) electrons. The molecule has 5 nitrogen and oxygen atoms in total. The zero-order chi connectivity index (χ0) is 15.5. The largest absolute Gasteiger partial charge is 0.391 e. The Morgan fingerprint density at radius 1 is 1.26 bits per heavy atom. The molecule has 1 aliphatic rings. The van der Waals surface area contributed by atoms with Crippen molar-refractivity contribution < 1.29 is 5.11 Å². The molecule has 0 spiro atoms. The monoisotopic (exact) mass is 336 g/mol. The van der Waals surface area contributed by atoms with E-state index < -0.39 is 6.10 Å². The molecular formula is C17H25ClN4O. The van der Waals surface area contributed by atoms with Crippen molar-refractivity contribution in [3.8, 4) is 0 Å². The van der Waals surface area contributed by atoms with Gasteiger partial charge in [0.1, 0.15) is 11.6 Å². The summed E-state index contributed by atoms with van der Waals surface area (Å²) >= 11 is 0. The molecular weight excluding hydrogens is 312 g/mol. The highest BCUT2D eigenvalue weighted by Gasteiger charge is 2.30. The van der Waals surface area contributed by atoms with Gasteiger partial charge in [0, 0.05) is 18.5 Å². The fraction of sp³-hybridized carbons (Fsp3) is 0.529. The average molecular weight is 337 g/mol. The number of rotatable bonds is 4. The quantitative estimate of drug-likeness (QED) is 0.897. The second kappa shape index (κ2) is 7.90. The second-order valence-corrected chi connectivity index (χ2v) is 6.22. The number of aliphatic hydroxyl groups is 1. The maximum atomic E-state index is 10.0. The molecule has 23 heavy (non-hydrogen) atoms. The summed E-state index contributed by atoms with van der Waals surface area (Å²) in [6.45, 7) is 2.74. The Morgan fingerprint density at radius 2 is 2.00 bits per heavy atom. The zero-order valence-electron chi connectivity index (χ0n) is 13.4. The first-order valence-electron chi connectivity index (χ1n) is 8.02. The summed E-state index contributed by atoms with van der Waals surface area (Å²) in [7, 11) is 0. The minimum atomic E-state index is -0.432. The highest BCUT2D eigenvalue weighted by atomic mass is 35.5. The van der Waals surface area contributed by atoms with E-state index >= 15 is 0 Å². The van der Waals surface area contributed by atoms with Crippen LogP contribution in [0, 0.1) is 6.92 Å². The first kappa shape index (κ1) is 17.9. The number of hydrogen-bond donors (Lipinski definition) is 2. The number of benzene rings is 1. The summed E-state index contributed by atoms with van der Waals surface area (Å²) in [4.78, 5) is 4.61. The Balaban J connectivity index is 0.00000192. The summed E-state index contributed by atoms with van der Waals surface area (Å²) in [5.74, 6) is 2.05. The minimum absolute atomic E-state index is 0. The molecule has 1 aliphatic carbocycles. The predicted octanol–water partition coefficient (Wildman–Crippen LogP) is 2.21. The van der Waals surface area contributed by atoms with E-state index in [0.29, 0.717) is 6.42 Å². The smallest absolute Gasteiger partial charge is 0.147 e. The standard InChI is InChI=1S/C17H24N4O.ClH/c1-12-19-17(14-7-8-15(18)16(22)11-14)21(20-12)10-9-13-5-3-2-4-6-13;/h2-6,14-16,22H,7-11,18H2,1H3;1H/t14-,15+,16+;/m0./s1. The van der Waals surface area contributed by atoms with Crippen LogP contribution in [0.25, 0.3) is 0 Å². The predicted molar refractivity (Wildman–Crippen MR) is 92.7 cm³/mol. The van der Waals surface area contributed by atoms with Crippen LogP contribution in [0.2, 0.25) is 0 Å². The zero-order valence-corrected chi connectivity index (χ0v) is 14.2. The molecule has 1 aromatic heterocycles. The molecule has 3 rings (SSSR count). The lowest BCUT2D eigenvalue weighted by Gasteiger charge is -2.30. The number of hydrogen-bond acceptors (Lipinski definition) is 4. The first-order chi connectivity index (χ1) is 10.6. The van der Waals surface area contributed by atoms with Crippen LogP contribution in [0.1, 0.15) is 42.4 Å².